The van der Waals surface area contributed by atoms with E-state index >= 15 is 0 Å². The largest absolute Gasteiger partial charge is 0.337 e. The van der Waals surface area contributed by atoms with Crippen molar-refractivity contribution in [2.75, 3.05) is 46.8 Å². The number of aromatic nitrogens is 2. The van der Waals surface area contributed by atoms with Gasteiger partial charge in [0, 0.05) is 25.8 Å². The molecule has 3 heterocycles. The number of halogens is 1. The molecule has 148 valence electrons. The van der Waals surface area contributed by atoms with Gasteiger partial charge in [0.2, 0.25) is 0 Å². The summed E-state index contributed by atoms with van der Waals surface area (Å²) >= 11 is 0. The maximum Gasteiger partial charge on any atom is 0.274 e. The Morgan fingerprint density at radius 1 is 1.31 bits per heavy atom. The predicted molar refractivity (Wildman–Crippen MR) is 107 cm³/mol. The maximum absolute atomic E-state index is 12.7. The van der Waals surface area contributed by atoms with Gasteiger partial charge in [0.05, 0.1) is 6.04 Å². The third-order valence-electron chi connectivity index (χ3n) is 5.59. The van der Waals surface area contributed by atoms with Crippen LogP contribution in [0.15, 0.2) is 12.3 Å². The van der Waals surface area contributed by atoms with Crippen LogP contribution in [0, 0.1) is 5.92 Å². The Morgan fingerprint density at radius 3 is 2.73 bits per heavy atom. The molecule has 2 aliphatic heterocycles. The van der Waals surface area contributed by atoms with Crippen molar-refractivity contribution < 1.29 is 4.79 Å². The quantitative estimate of drug-likeness (QED) is 0.819. The molecule has 0 radical (unpaired) electrons. The van der Waals surface area contributed by atoms with Gasteiger partial charge in [-0.2, -0.15) is 5.10 Å². The fraction of sp³-hybridized carbons (Fsp3) is 0.789. The van der Waals surface area contributed by atoms with Gasteiger partial charge in [-0.3, -0.25) is 9.48 Å². The van der Waals surface area contributed by atoms with Crippen LogP contribution in [-0.4, -0.2) is 72.3 Å². The fourth-order valence-electron chi connectivity index (χ4n) is 4.00. The minimum Gasteiger partial charge on any atom is -0.337 e. The number of amides is 1. The summed E-state index contributed by atoms with van der Waals surface area (Å²) in [6, 6.07) is 2.28. The summed E-state index contributed by atoms with van der Waals surface area (Å²) in [5.41, 5.74) is 0.608. The Morgan fingerprint density at radius 2 is 2.08 bits per heavy atom. The smallest absolute Gasteiger partial charge is 0.274 e. The number of carbonyl (C=O) groups is 1. The van der Waals surface area contributed by atoms with Crippen LogP contribution >= 0.6 is 12.4 Å². The monoisotopic (exact) mass is 383 g/mol. The molecule has 3 rings (SSSR count). The molecule has 1 unspecified atom stereocenters. The van der Waals surface area contributed by atoms with Crippen LogP contribution in [0.2, 0.25) is 0 Å². The number of hydrogen-bond acceptors (Lipinski definition) is 4. The molecule has 0 aromatic carbocycles. The van der Waals surface area contributed by atoms with Gasteiger partial charge in [-0.05, 0) is 77.7 Å². The lowest BCUT2D eigenvalue weighted by molar-refractivity contribution is 0.0677. The van der Waals surface area contributed by atoms with E-state index in [2.05, 4.69) is 29.4 Å². The second kappa shape index (κ2) is 10.3. The summed E-state index contributed by atoms with van der Waals surface area (Å²) in [5, 5.41) is 7.98. The number of nitrogens with zero attached hydrogens (tertiary/aromatic N) is 4. The van der Waals surface area contributed by atoms with Gasteiger partial charge in [-0.25, -0.2) is 0 Å². The van der Waals surface area contributed by atoms with Crippen molar-refractivity contribution in [3.63, 3.8) is 0 Å². The SMILES string of the molecule is CN(C)CCCC1CCN(C(=O)c2ccn(C3CCCNC3)n2)CC1.Cl. The van der Waals surface area contributed by atoms with Crippen LogP contribution in [0.25, 0.3) is 0 Å². The van der Waals surface area contributed by atoms with Crippen LogP contribution in [0.5, 0.6) is 0 Å². The van der Waals surface area contributed by atoms with E-state index in [0.717, 1.165) is 57.9 Å². The fourth-order valence-corrected chi connectivity index (χ4v) is 4.00. The highest BCUT2D eigenvalue weighted by atomic mass is 35.5. The first kappa shape index (κ1) is 21.2. The predicted octanol–water partition coefficient (Wildman–Crippen LogP) is 2.42. The number of carbonyl (C=O) groups excluding carboxylic acids is 1. The summed E-state index contributed by atoms with van der Waals surface area (Å²) in [6.45, 7) is 4.96. The lowest BCUT2D eigenvalue weighted by atomic mass is 9.92. The Kier molecular flexibility index (Phi) is 8.38. The molecule has 26 heavy (non-hydrogen) atoms. The van der Waals surface area contributed by atoms with Crippen LogP contribution in [0.4, 0.5) is 0 Å². The van der Waals surface area contributed by atoms with Crippen LogP contribution in [-0.2, 0) is 0 Å². The number of likely N-dealkylation sites (tertiary alicyclic amines) is 1. The summed E-state index contributed by atoms with van der Waals surface area (Å²) < 4.78 is 1.98. The Labute approximate surface area is 163 Å². The summed E-state index contributed by atoms with van der Waals surface area (Å²) in [5.74, 6) is 0.879. The minimum atomic E-state index is 0. The molecule has 2 fully saturated rings. The zero-order valence-corrected chi connectivity index (χ0v) is 17.0. The number of nitrogens with one attached hydrogen (secondary N) is 1. The minimum absolute atomic E-state index is 0. The lowest BCUT2D eigenvalue weighted by Gasteiger charge is -2.31. The summed E-state index contributed by atoms with van der Waals surface area (Å²) in [7, 11) is 4.26. The van der Waals surface area contributed by atoms with Crippen molar-refractivity contribution in [2.24, 2.45) is 5.92 Å². The van der Waals surface area contributed by atoms with E-state index in [1.165, 1.54) is 19.3 Å². The maximum atomic E-state index is 12.7. The molecule has 1 aromatic heterocycles. The van der Waals surface area contributed by atoms with E-state index in [1.807, 2.05) is 21.8 Å². The average molecular weight is 384 g/mol. The molecular weight excluding hydrogens is 350 g/mol. The highest BCUT2D eigenvalue weighted by Gasteiger charge is 2.25. The van der Waals surface area contributed by atoms with Gasteiger partial charge in [0.15, 0.2) is 0 Å². The van der Waals surface area contributed by atoms with Crippen molar-refractivity contribution in [3.8, 4) is 0 Å². The zero-order chi connectivity index (χ0) is 17.6. The van der Waals surface area contributed by atoms with E-state index in [9.17, 15) is 4.79 Å². The standard InChI is InChI=1S/C19H33N5O.ClH/c1-22(2)11-4-5-16-7-12-23(13-8-16)19(25)18-9-14-24(21-18)17-6-3-10-20-15-17;/h9,14,16-17,20H,3-8,10-13,15H2,1-2H3;1H. The van der Waals surface area contributed by atoms with Crippen LogP contribution < -0.4 is 5.32 Å². The van der Waals surface area contributed by atoms with E-state index in [0.29, 0.717) is 11.7 Å². The molecule has 0 saturated carbocycles. The molecule has 2 aliphatic rings. The van der Waals surface area contributed by atoms with Gasteiger partial charge >= 0.3 is 0 Å². The van der Waals surface area contributed by atoms with Gasteiger partial charge in [-0.1, -0.05) is 0 Å². The molecule has 0 bridgehead atoms. The lowest BCUT2D eigenvalue weighted by Crippen LogP contribution is -2.39. The average Bonchev–Trinajstić information content (AvgIpc) is 3.12. The van der Waals surface area contributed by atoms with Crippen molar-refractivity contribution in [1.29, 1.82) is 0 Å². The molecule has 0 spiro atoms. The topological polar surface area (TPSA) is 53.4 Å². The molecule has 1 aromatic rings. The van der Waals surface area contributed by atoms with Crippen LogP contribution in [0.1, 0.15) is 55.1 Å². The first-order chi connectivity index (χ1) is 12.1. The summed E-state index contributed by atoms with van der Waals surface area (Å²) in [6.07, 6.45) is 9.09. The zero-order valence-electron chi connectivity index (χ0n) is 16.2. The van der Waals surface area contributed by atoms with Crippen molar-refractivity contribution >= 4 is 18.3 Å². The molecule has 1 amide bonds. The Balaban J connectivity index is 0.00000243. The first-order valence-electron chi connectivity index (χ1n) is 9.83. The molecule has 1 atom stereocenters. The molecule has 6 nitrogen and oxygen atoms in total. The number of rotatable bonds is 6. The van der Waals surface area contributed by atoms with Crippen molar-refractivity contribution in [3.05, 3.63) is 18.0 Å². The van der Waals surface area contributed by atoms with Crippen LogP contribution in [0.3, 0.4) is 0 Å². The number of hydrogen-bond donors (Lipinski definition) is 1. The highest BCUT2D eigenvalue weighted by Crippen LogP contribution is 2.23. The Hall–Kier alpha value is -1.11. The molecular formula is C19H34ClN5O. The second-order valence-corrected chi connectivity index (χ2v) is 7.86. The van der Waals surface area contributed by atoms with Gasteiger partial charge in [0.1, 0.15) is 5.69 Å². The molecule has 2 saturated heterocycles. The number of piperidine rings is 2. The molecule has 7 heteroatoms. The van der Waals surface area contributed by atoms with Crippen molar-refractivity contribution in [1.82, 2.24) is 24.9 Å². The van der Waals surface area contributed by atoms with Crippen molar-refractivity contribution in [2.45, 2.75) is 44.6 Å². The van der Waals surface area contributed by atoms with Gasteiger partial charge < -0.3 is 15.1 Å². The van der Waals surface area contributed by atoms with Gasteiger partial charge in [0.25, 0.3) is 5.91 Å². The van der Waals surface area contributed by atoms with E-state index < -0.39 is 0 Å². The van der Waals surface area contributed by atoms with E-state index in [4.69, 9.17) is 0 Å². The van der Waals surface area contributed by atoms with E-state index in [1.54, 1.807) is 0 Å². The molecule has 1 N–H and O–H groups in total. The third-order valence-corrected chi connectivity index (χ3v) is 5.59. The van der Waals surface area contributed by atoms with E-state index in [-0.39, 0.29) is 18.3 Å². The second-order valence-electron chi connectivity index (χ2n) is 7.86. The molecule has 0 aliphatic carbocycles. The highest BCUT2D eigenvalue weighted by molar-refractivity contribution is 5.92. The first-order valence-corrected chi connectivity index (χ1v) is 9.83. The Bertz CT molecular complexity index is 548. The van der Waals surface area contributed by atoms with Gasteiger partial charge in [-0.15, -0.1) is 12.4 Å². The third kappa shape index (κ3) is 5.69. The normalized spacial score (nSPS) is 21.7. The summed E-state index contributed by atoms with van der Waals surface area (Å²) in [4.78, 5) is 17.0.